The van der Waals surface area contributed by atoms with Crippen LogP contribution in [-0.4, -0.2) is 16.1 Å². The monoisotopic (exact) mass is 513 g/mol. The molecular weight excluding hydrogens is 482 g/mol. The molecule has 184 valence electrons. The number of para-hydroxylation sites is 2. The Morgan fingerprint density at radius 2 is 1.81 bits per heavy atom. The van der Waals surface area contributed by atoms with E-state index in [0.29, 0.717) is 22.9 Å². The number of rotatable bonds is 4. The summed E-state index contributed by atoms with van der Waals surface area (Å²) < 4.78 is 0. The summed E-state index contributed by atoms with van der Waals surface area (Å²) in [4.78, 5) is 23.1. The van der Waals surface area contributed by atoms with Gasteiger partial charge in [0, 0.05) is 15.5 Å². The Bertz CT molecular complexity index is 1310. The molecule has 1 aromatic heterocycles. The van der Waals surface area contributed by atoms with E-state index in [-0.39, 0.29) is 16.6 Å². The summed E-state index contributed by atoms with van der Waals surface area (Å²) in [6, 6.07) is 20.5. The quantitative estimate of drug-likeness (QED) is 0.333. The molecule has 1 aliphatic carbocycles. The van der Waals surface area contributed by atoms with E-state index in [1.807, 2.05) is 54.3 Å². The lowest BCUT2D eigenvalue weighted by atomic mass is 9.71. The number of pyridine rings is 1. The third-order valence-electron chi connectivity index (χ3n) is 7.25. The van der Waals surface area contributed by atoms with Crippen LogP contribution in [0.15, 0.2) is 69.4 Å². The van der Waals surface area contributed by atoms with Crippen LogP contribution in [0.4, 0.5) is 11.4 Å². The molecule has 36 heavy (non-hydrogen) atoms. The number of aryl methyl sites for hydroxylation is 1. The number of fused-ring (bicyclic) bond motifs is 3. The number of carbonyl (C=O) groups is 1. The van der Waals surface area contributed by atoms with Crippen molar-refractivity contribution in [2.75, 3.05) is 4.90 Å². The van der Waals surface area contributed by atoms with Crippen LogP contribution in [0.2, 0.25) is 0 Å². The van der Waals surface area contributed by atoms with Gasteiger partial charge < -0.3 is 0 Å². The third kappa shape index (κ3) is 4.67. The van der Waals surface area contributed by atoms with Crippen LogP contribution in [0.3, 0.4) is 0 Å². The highest BCUT2D eigenvalue weighted by molar-refractivity contribution is 8.00. The van der Waals surface area contributed by atoms with Crippen molar-refractivity contribution >= 4 is 40.8 Å². The maximum Gasteiger partial charge on any atom is 0.245 e. The average molecular weight is 514 g/mol. The maximum absolute atomic E-state index is 14.1. The van der Waals surface area contributed by atoms with E-state index in [4.69, 9.17) is 4.98 Å². The number of hydrogen-bond acceptors (Lipinski definition) is 5. The fourth-order valence-corrected chi connectivity index (χ4v) is 7.18. The zero-order chi connectivity index (χ0) is 25.4. The van der Waals surface area contributed by atoms with Crippen molar-refractivity contribution in [2.24, 2.45) is 11.3 Å². The highest BCUT2D eigenvalue weighted by atomic mass is 32.2. The molecule has 0 fully saturated rings. The van der Waals surface area contributed by atoms with Gasteiger partial charge in [0.2, 0.25) is 5.91 Å². The van der Waals surface area contributed by atoms with Gasteiger partial charge in [-0.25, -0.2) is 4.98 Å². The van der Waals surface area contributed by atoms with Crippen LogP contribution in [0.5, 0.6) is 0 Å². The van der Waals surface area contributed by atoms with Gasteiger partial charge in [0.25, 0.3) is 0 Å². The maximum atomic E-state index is 14.1. The first-order valence-corrected chi connectivity index (χ1v) is 14.3. The second kappa shape index (κ2) is 9.95. The Kier molecular flexibility index (Phi) is 6.89. The molecule has 0 spiro atoms. The van der Waals surface area contributed by atoms with E-state index < -0.39 is 0 Å². The van der Waals surface area contributed by atoms with Crippen molar-refractivity contribution in [1.29, 1.82) is 5.26 Å². The summed E-state index contributed by atoms with van der Waals surface area (Å²) in [6.45, 7) is 8.90. The van der Waals surface area contributed by atoms with Gasteiger partial charge >= 0.3 is 0 Å². The fraction of sp³-hybridized carbons (Fsp3) is 0.367. The minimum atomic E-state index is -0.349. The molecule has 1 amide bonds. The highest BCUT2D eigenvalue weighted by Gasteiger charge is 2.34. The summed E-state index contributed by atoms with van der Waals surface area (Å²) in [7, 11) is 0. The van der Waals surface area contributed by atoms with Crippen LogP contribution in [0, 0.1) is 22.7 Å². The first kappa shape index (κ1) is 24.9. The zero-order valence-corrected chi connectivity index (χ0v) is 22.9. The molecule has 0 bridgehead atoms. The molecule has 2 aliphatic rings. The van der Waals surface area contributed by atoms with Gasteiger partial charge in [0.15, 0.2) is 0 Å². The summed E-state index contributed by atoms with van der Waals surface area (Å²) in [6.07, 6.45) is 3.63. The first-order valence-electron chi connectivity index (χ1n) is 12.6. The number of amides is 1. The molecule has 2 aromatic carbocycles. The number of thioether (sulfide) groups is 1. The largest absolute Gasteiger partial charge is 0.278 e. The van der Waals surface area contributed by atoms with E-state index in [1.165, 1.54) is 17.3 Å². The Morgan fingerprint density at radius 1 is 1.17 bits per heavy atom. The Labute approximate surface area is 222 Å². The number of carbonyl (C=O) groups excluding carboxylic acids is 1. The number of hydrogen-bond donors (Lipinski definition) is 0. The number of benzene rings is 2. The van der Waals surface area contributed by atoms with Gasteiger partial charge in [-0.3, -0.25) is 9.69 Å². The normalized spacial score (nSPS) is 17.4. The molecule has 0 N–H and O–H groups in total. The van der Waals surface area contributed by atoms with E-state index in [9.17, 15) is 10.1 Å². The molecule has 1 aliphatic heterocycles. The van der Waals surface area contributed by atoms with Crippen LogP contribution < -0.4 is 4.90 Å². The lowest BCUT2D eigenvalue weighted by Crippen LogP contribution is -2.35. The van der Waals surface area contributed by atoms with Gasteiger partial charge in [-0.2, -0.15) is 5.26 Å². The Hall–Kier alpha value is -2.75. The van der Waals surface area contributed by atoms with E-state index in [0.717, 1.165) is 46.1 Å². The summed E-state index contributed by atoms with van der Waals surface area (Å²) in [5.74, 6) is 0.609. The molecule has 2 heterocycles. The smallest absolute Gasteiger partial charge is 0.245 e. The number of nitrogens with zero attached hydrogens (tertiary/aromatic N) is 3. The van der Waals surface area contributed by atoms with E-state index in [2.05, 4.69) is 39.0 Å². The molecule has 0 saturated heterocycles. The predicted octanol–water partition coefficient (Wildman–Crippen LogP) is 7.80. The first-order chi connectivity index (χ1) is 17.3. The predicted molar refractivity (Wildman–Crippen MR) is 148 cm³/mol. The molecule has 2 unspecified atom stereocenters. The topological polar surface area (TPSA) is 57.0 Å². The van der Waals surface area contributed by atoms with Crippen molar-refractivity contribution < 1.29 is 4.79 Å². The number of aromatic nitrogens is 1. The molecule has 4 nitrogen and oxygen atoms in total. The van der Waals surface area contributed by atoms with Crippen molar-refractivity contribution in [1.82, 2.24) is 4.98 Å². The highest BCUT2D eigenvalue weighted by Crippen LogP contribution is 2.49. The Morgan fingerprint density at radius 3 is 2.39 bits per heavy atom. The molecule has 6 heteroatoms. The Balaban J connectivity index is 1.47. The van der Waals surface area contributed by atoms with Crippen molar-refractivity contribution in [3.63, 3.8) is 0 Å². The lowest BCUT2D eigenvalue weighted by molar-refractivity contribution is -0.117. The molecule has 0 radical (unpaired) electrons. The van der Waals surface area contributed by atoms with Crippen molar-refractivity contribution in [3.8, 4) is 6.07 Å². The molecule has 0 saturated carbocycles. The second-order valence-electron chi connectivity index (χ2n) is 10.6. The summed E-state index contributed by atoms with van der Waals surface area (Å²) >= 11 is 3.13. The molecule has 2 atom stereocenters. The molecule has 3 aromatic rings. The minimum Gasteiger partial charge on any atom is -0.278 e. The van der Waals surface area contributed by atoms with Crippen LogP contribution in [-0.2, 0) is 17.6 Å². The minimum absolute atomic E-state index is 0.0268. The summed E-state index contributed by atoms with van der Waals surface area (Å²) in [5.41, 5.74) is 4.92. The SMILES string of the molecule is CCC(Sc1nc2c(cc1C#N)CC(C(C)(C)C)CC2)C(=O)N1c2ccccc2Sc2ccccc21. The zero-order valence-electron chi connectivity index (χ0n) is 21.2. The van der Waals surface area contributed by atoms with Gasteiger partial charge in [-0.05, 0) is 72.9 Å². The molecule has 5 rings (SSSR count). The molecular formula is C30H31N3OS2. The van der Waals surface area contributed by atoms with Crippen molar-refractivity contribution in [2.45, 2.75) is 73.4 Å². The standard InChI is InChI=1S/C30H31N3OS2/c1-5-25(29(34)33-23-10-6-8-12-26(23)35-27-13-9-7-11-24(27)33)36-28-20(18-31)16-19-17-21(30(2,3)4)14-15-22(19)32-28/h6-13,16,21,25H,5,14-15,17H2,1-4H3. The van der Waals surface area contributed by atoms with Gasteiger partial charge in [-0.1, -0.05) is 75.5 Å². The van der Waals surface area contributed by atoms with Gasteiger partial charge in [0.05, 0.1) is 22.2 Å². The van der Waals surface area contributed by atoms with E-state index >= 15 is 0 Å². The lowest BCUT2D eigenvalue weighted by Gasteiger charge is -2.35. The second-order valence-corrected chi connectivity index (χ2v) is 12.9. The fourth-order valence-electron chi connectivity index (χ4n) is 5.08. The summed E-state index contributed by atoms with van der Waals surface area (Å²) in [5, 5.41) is 10.3. The average Bonchev–Trinajstić information content (AvgIpc) is 2.88. The van der Waals surface area contributed by atoms with Crippen LogP contribution in [0.25, 0.3) is 0 Å². The van der Waals surface area contributed by atoms with Crippen LogP contribution >= 0.6 is 23.5 Å². The van der Waals surface area contributed by atoms with Gasteiger partial charge in [0.1, 0.15) is 11.1 Å². The van der Waals surface area contributed by atoms with Crippen LogP contribution in [0.1, 0.15) is 57.4 Å². The number of anilines is 2. The van der Waals surface area contributed by atoms with Crippen molar-refractivity contribution in [3.05, 3.63) is 71.4 Å². The third-order valence-corrected chi connectivity index (χ3v) is 9.73. The van der Waals surface area contributed by atoms with Gasteiger partial charge in [-0.15, -0.1) is 0 Å². The number of nitriles is 1. The van der Waals surface area contributed by atoms with E-state index in [1.54, 1.807) is 11.8 Å².